The first-order valence-electron chi connectivity index (χ1n) is 8.88. The third kappa shape index (κ3) is 3.91. The predicted octanol–water partition coefficient (Wildman–Crippen LogP) is 3.92. The summed E-state index contributed by atoms with van der Waals surface area (Å²) >= 11 is 0. The van der Waals surface area contributed by atoms with Crippen molar-refractivity contribution in [3.05, 3.63) is 78.4 Å². The third-order valence-electron chi connectivity index (χ3n) is 4.81. The smallest absolute Gasteiger partial charge is 0.159 e. The van der Waals surface area contributed by atoms with Crippen LogP contribution in [0, 0.1) is 0 Å². The summed E-state index contributed by atoms with van der Waals surface area (Å²) in [6.07, 6.45) is 7.92. The van der Waals surface area contributed by atoms with Gasteiger partial charge < -0.3 is 0 Å². The number of benzene rings is 1. The Morgan fingerprint density at radius 2 is 1.80 bits per heavy atom. The van der Waals surface area contributed by atoms with Crippen LogP contribution in [0.1, 0.15) is 30.0 Å². The maximum Gasteiger partial charge on any atom is 0.159 e. The second kappa shape index (κ2) is 7.53. The lowest BCUT2D eigenvalue weighted by molar-refractivity contribution is 0.198. The van der Waals surface area contributed by atoms with Crippen molar-refractivity contribution < 1.29 is 0 Å². The summed E-state index contributed by atoms with van der Waals surface area (Å²) < 4.78 is 0. The molecule has 0 spiro atoms. The van der Waals surface area contributed by atoms with Crippen LogP contribution in [0.2, 0.25) is 0 Å². The van der Waals surface area contributed by atoms with Crippen LogP contribution < -0.4 is 0 Å². The largest absolute Gasteiger partial charge is 0.297 e. The molecule has 2 aromatic heterocycles. The van der Waals surface area contributed by atoms with E-state index < -0.39 is 0 Å². The van der Waals surface area contributed by atoms with Crippen LogP contribution in [0.15, 0.2) is 67.1 Å². The fraction of sp³-hybridized carbons (Fsp3) is 0.286. The normalized spacial score (nSPS) is 18.2. The van der Waals surface area contributed by atoms with E-state index in [0.717, 1.165) is 36.7 Å². The van der Waals surface area contributed by atoms with Crippen molar-refractivity contribution in [2.45, 2.75) is 25.3 Å². The number of piperidine rings is 1. The Hall–Kier alpha value is -2.59. The molecule has 0 N–H and O–H groups in total. The van der Waals surface area contributed by atoms with Crippen molar-refractivity contribution in [1.82, 2.24) is 19.9 Å². The van der Waals surface area contributed by atoms with Gasteiger partial charge in [-0.1, -0.05) is 30.3 Å². The predicted molar refractivity (Wildman–Crippen MR) is 99.0 cm³/mol. The van der Waals surface area contributed by atoms with Gasteiger partial charge in [-0.05, 0) is 49.1 Å². The molecule has 0 unspecified atom stereocenters. The van der Waals surface area contributed by atoms with E-state index in [1.54, 1.807) is 12.4 Å². The Morgan fingerprint density at radius 1 is 0.960 bits per heavy atom. The molecule has 1 saturated heterocycles. The summed E-state index contributed by atoms with van der Waals surface area (Å²) in [5.74, 6) is 1.40. The van der Waals surface area contributed by atoms with Crippen molar-refractivity contribution in [2.75, 3.05) is 13.1 Å². The molecule has 4 rings (SSSR count). The lowest BCUT2D eigenvalue weighted by atomic mass is 9.90. The van der Waals surface area contributed by atoms with E-state index >= 15 is 0 Å². The molecule has 1 aliphatic rings. The van der Waals surface area contributed by atoms with Crippen LogP contribution in [-0.4, -0.2) is 32.9 Å². The van der Waals surface area contributed by atoms with Gasteiger partial charge in [0.25, 0.3) is 0 Å². The molecule has 4 nitrogen and oxygen atoms in total. The molecule has 1 aliphatic heterocycles. The molecule has 0 amide bonds. The summed E-state index contributed by atoms with van der Waals surface area (Å²) in [5, 5.41) is 0. The number of rotatable bonds is 4. The van der Waals surface area contributed by atoms with Crippen LogP contribution in [0.4, 0.5) is 0 Å². The Bertz CT molecular complexity index is 804. The van der Waals surface area contributed by atoms with Crippen molar-refractivity contribution in [2.24, 2.45) is 0 Å². The molecule has 126 valence electrons. The lowest BCUT2D eigenvalue weighted by Crippen LogP contribution is -2.34. The van der Waals surface area contributed by atoms with Gasteiger partial charge in [-0.25, -0.2) is 9.97 Å². The zero-order valence-corrected chi connectivity index (χ0v) is 14.3. The van der Waals surface area contributed by atoms with E-state index in [2.05, 4.69) is 45.2 Å². The van der Waals surface area contributed by atoms with E-state index in [1.807, 2.05) is 24.4 Å². The Morgan fingerprint density at radius 3 is 2.64 bits per heavy atom. The Kier molecular flexibility index (Phi) is 4.79. The maximum atomic E-state index is 4.75. The SMILES string of the molecule is c1ccc([C@H]2CCCN(Cc3ccnc(-c4ccncc4)n3)C2)cc1. The van der Waals surface area contributed by atoms with Crippen molar-refractivity contribution >= 4 is 0 Å². The first-order valence-corrected chi connectivity index (χ1v) is 8.88. The van der Waals surface area contributed by atoms with Gasteiger partial charge >= 0.3 is 0 Å². The highest BCUT2D eigenvalue weighted by atomic mass is 15.1. The second-order valence-corrected chi connectivity index (χ2v) is 6.59. The molecular formula is C21H22N4. The molecule has 4 heteroatoms. The van der Waals surface area contributed by atoms with E-state index in [0.29, 0.717) is 5.92 Å². The molecule has 3 heterocycles. The van der Waals surface area contributed by atoms with E-state index in [9.17, 15) is 0 Å². The summed E-state index contributed by atoms with van der Waals surface area (Å²) in [6.45, 7) is 3.11. The van der Waals surface area contributed by atoms with Gasteiger partial charge in [0.2, 0.25) is 0 Å². The van der Waals surface area contributed by atoms with Gasteiger partial charge in [-0.15, -0.1) is 0 Å². The molecule has 0 radical (unpaired) electrons. The summed E-state index contributed by atoms with van der Waals surface area (Å²) in [6, 6.07) is 16.8. The molecular weight excluding hydrogens is 308 g/mol. The zero-order valence-electron chi connectivity index (χ0n) is 14.3. The van der Waals surface area contributed by atoms with E-state index in [1.165, 1.54) is 18.4 Å². The minimum atomic E-state index is 0.622. The molecule has 0 bridgehead atoms. The molecule has 3 aromatic rings. The van der Waals surface area contributed by atoms with E-state index in [4.69, 9.17) is 4.98 Å². The van der Waals surface area contributed by atoms with Gasteiger partial charge in [-0.3, -0.25) is 9.88 Å². The van der Waals surface area contributed by atoms with Gasteiger partial charge in [0.05, 0.1) is 5.69 Å². The molecule has 25 heavy (non-hydrogen) atoms. The number of likely N-dealkylation sites (tertiary alicyclic amines) is 1. The van der Waals surface area contributed by atoms with Crippen molar-refractivity contribution in [3.63, 3.8) is 0 Å². The monoisotopic (exact) mass is 330 g/mol. The fourth-order valence-corrected chi connectivity index (χ4v) is 3.55. The van der Waals surface area contributed by atoms with Crippen LogP contribution in [0.5, 0.6) is 0 Å². The topological polar surface area (TPSA) is 41.9 Å². The first kappa shape index (κ1) is 15.9. The minimum absolute atomic E-state index is 0.622. The van der Waals surface area contributed by atoms with E-state index in [-0.39, 0.29) is 0 Å². The second-order valence-electron chi connectivity index (χ2n) is 6.59. The maximum absolute atomic E-state index is 4.75. The highest BCUT2D eigenvalue weighted by molar-refractivity contribution is 5.53. The van der Waals surface area contributed by atoms with Gasteiger partial charge in [0.15, 0.2) is 5.82 Å². The number of aromatic nitrogens is 3. The van der Waals surface area contributed by atoms with Crippen molar-refractivity contribution in [3.8, 4) is 11.4 Å². The molecule has 0 aliphatic carbocycles. The zero-order chi connectivity index (χ0) is 16.9. The Labute approximate surface area is 148 Å². The minimum Gasteiger partial charge on any atom is -0.297 e. The fourth-order valence-electron chi connectivity index (χ4n) is 3.55. The highest BCUT2D eigenvalue weighted by Gasteiger charge is 2.21. The average molecular weight is 330 g/mol. The molecule has 0 saturated carbocycles. The quantitative estimate of drug-likeness (QED) is 0.727. The standard InChI is InChI=1S/C21H22N4/c1-2-5-17(6-3-1)19-7-4-14-25(15-19)16-20-10-13-23-21(24-20)18-8-11-22-12-9-18/h1-3,5-6,8-13,19H,4,7,14-16H2/t19-/m0/s1. The number of pyridine rings is 1. The third-order valence-corrected chi connectivity index (χ3v) is 4.81. The van der Waals surface area contributed by atoms with Crippen LogP contribution >= 0.6 is 0 Å². The van der Waals surface area contributed by atoms with Crippen LogP contribution in [0.3, 0.4) is 0 Å². The molecule has 1 fully saturated rings. The van der Waals surface area contributed by atoms with Gasteiger partial charge in [0, 0.05) is 37.2 Å². The number of hydrogen-bond acceptors (Lipinski definition) is 4. The van der Waals surface area contributed by atoms with Gasteiger partial charge in [-0.2, -0.15) is 0 Å². The average Bonchev–Trinajstić information content (AvgIpc) is 2.70. The van der Waals surface area contributed by atoms with Crippen LogP contribution in [0.25, 0.3) is 11.4 Å². The number of nitrogens with zero attached hydrogens (tertiary/aromatic N) is 4. The first-order chi connectivity index (χ1) is 12.4. The van der Waals surface area contributed by atoms with Crippen molar-refractivity contribution in [1.29, 1.82) is 0 Å². The summed E-state index contributed by atoms with van der Waals surface area (Å²) in [5.41, 5.74) is 3.54. The molecule has 1 aromatic carbocycles. The highest BCUT2D eigenvalue weighted by Crippen LogP contribution is 2.27. The summed E-state index contributed by atoms with van der Waals surface area (Å²) in [4.78, 5) is 15.7. The van der Waals surface area contributed by atoms with Crippen LogP contribution in [-0.2, 0) is 6.54 Å². The summed E-state index contributed by atoms with van der Waals surface area (Å²) in [7, 11) is 0. The molecule has 1 atom stereocenters. The van der Waals surface area contributed by atoms with Gasteiger partial charge in [0.1, 0.15) is 0 Å². The Balaban J connectivity index is 1.47. The number of hydrogen-bond donors (Lipinski definition) is 0. The lowest BCUT2D eigenvalue weighted by Gasteiger charge is -2.32.